The van der Waals surface area contributed by atoms with Crippen molar-refractivity contribution in [3.63, 3.8) is 0 Å². The van der Waals surface area contributed by atoms with Gasteiger partial charge >= 0.3 is 0 Å². The predicted octanol–water partition coefficient (Wildman–Crippen LogP) is 5.47. The number of hydrogen-bond acceptors (Lipinski definition) is 1. The molecule has 94 valence electrons. The van der Waals surface area contributed by atoms with E-state index in [1.807, 2.05) is 12.1 Å². The molecule has 0 aromatic heterocycles. The Morgan fingerprint density at radius 1 is 1.22 bits per heavy atom. The first-order valence-electron chi connectivity index (χ1n) is 5.38. The van der Waals surface area contributed by atoms with Gasteiger partial charge in [-0.25, -0.2) is 4.39 Å². The first-order valence-corrected chi connectivity index (χ1v) is 6.88. The number of aryl methyl sites for hydroxylation is 1. The highest BCUT2D eigenvalue weighted by Crippen LogP contribution is 2.29. The molecule has 0 amide bonds. The lowest BCUT2D eigenvalue weighted by Gasteiger charge is -2.10. The second-order valence-electron chi connectivity index (χ2n) is 3.90. The van der Waals surface area contributed by atoms with Gasteiger partial charge in [0.2, 0.25) is 0 Å². The highest BCUT2D eigenvalue weighted by atomic mass is 79.9. The summed E-state index contributed by atoms with van der Waals surface area (Å²) in [6.07, 6.45) is 0. The van der Waals surface area contributed by atoms with Crippen LogP contribution in [-0.2, 0) is 5.33 Å². The number of halogens is 3. The fourth-order valence-electron chi connectivity index (χ4n) is 1.55. The van der Waals surface area contributed by atoms with Crippen LogP contribution in [-0.4, -0.2) is 0 Å². The van der Waals surface area contributed by atoms with Gasteiger partial charge in [0.25, 0.3) is 0 Å². The summed E-state index contributed by atoms with van der Waals surface area (Å²) >= 11 is 9.44. The van der Waals surface area contributed by atoms with Crippen LogP contribution in [0.15, 0.2) is 36.4 Å². The van der Waals surface area contributed by atoms with E-state index in [0.717, 1.165) is 11.1 Å². The van der Waals surface area contributed by atoms with Crippen molar-refractivity contribution in [1.82, 2.24) is 0 Å². The van der Waals surface area contributed by atoms with E-state index in [0.29, 0.717) is 21.9 Å². The van der Waals surface area contributed by atoms with Crippen LogP contribution in [0, 0.1) is 12.7 Å². The van der Waals surface area contributed by atoms with Crippen molar-refractivity contribution in [2.45, 2.75) is 12.3 Å². The fraction of sp³-hybridized carbons (Fsp3) is 0.143. The van der Waals surface area contributed by atoms with Crippen LogP contribution in [0.5, 0.6) is 11.5 Å². The summed E-state index contributed by atoms with van der Waals surface area (Å²) in [5, 5.41) is 1.34. The Bertz CT molecular complexity index is 572. The second-order valence-corrected chi connectivity index (χ2v) is 4.87. The Kier molecular flexibility index (Phi) is 4.25. The van der Waals surface area contributed by atoms with E-state index in [2.05, 4.69) is 15.9 Å². The van der Waals surface area contributed by atoms with Gasteiger partial charge in [0.15, 0.2) is 0 Å². The molecule has 0 aliphatic rings. The quantitative estimate of drug-likeness (QED) is 0.678. The van der Waals surface area contributed by atoms with Crippen molar-refractivity contribution in [2.24, 2.45) is 0 Å². The van der Waals surface area contributed by atoms with Gasteiger partial charge in [-0.15, -0.1) is 0 Å². The molecule has 0 aliphatic carbocycles. The van der Waals surface area contributed by atoms with E-state index in [1.165, 1.54) is 12.1 Å². The summed E-state index contributed by atoms with van der Waals surface area (Å²) in [4.78, 5) is 0. The van der Waals surface area contributed by atoms with Crippen LogP contribution >= 0.6 is 27.5 Å². The van der Waals surface area contributed by atoms with Crippen molar-refractivity contribution >= 4 is 27.5 Å². The van der Waals surface area contributed by atoms with Crippen LogP contribution in [0.1, 0.15) is 11.1 Å². The van der Waals surface area contributed by atoms with Crippen molar-refractivity contribution in [1.29, 1.82) is 0 Å². The van der Waals surface area contributed by atoms with Gasteiger partial charge < -0.3 is 4.74 Å². The zero-order chi connectivity index (χ0) is 13.1. The molecule has 0 aliphatic heterocycles. The zero-order valence-corrected chi connectivity index (χ0v) is 12.1. The minimum atomic E-state index is -0.271. The Hall–Kier alpha value is -1.06. The highest BCUT2D eigenvalue weighted by molar-refractivity contribution is 9.08. The average molecular weight is 330 g/mol. The van der Waals surface area contributed by atoms with Crippen LogP contribution in [0.4, 0.5) is 4.39 Å². The number of hydrogen-bond donors (Lipinski definition) is 0. The van der Waals surface area contributed by atoms with Gasteiger partial charge in [-0.05, 0) is 48.4 Å². The third-order valence-corrected chi connectivity index (χ3v) is 3.49. The Balaban J connectivity index is 2.26. The van der Waals surface area contributed by atoms with E-state index in [-0.39, 0.29) is 5.82 Å². The largest absolute Gasteiger partial charge is 0.457 e. The van der Waals surface area contributed by atoms with Crippen LogP contribution in [0.2, 0.25) is 5.02 Å². The first kappa shape index (κ1) is 13.4. The molecule has 0 unspecified atom stereocenters. The molecule has 0 spiro atoms. The molecule has 1 nitrogen and oxygen atoms in total. The van der Waals surface area contributed by atoms with E-state index in [4.69, 9.17) is 16.3 Å². The van der Waals surface area contributed by atoms with Gasteiger partial charge in [-0.3, -0.25) is 0 Å². The van der Waals surface area contributed by atoms with Crippen molar-refractivity contribution in [3.05, 3.63) is 58.4 Å². The summed E-state index contributed by atoms with van der Waals surface area (Å²) in [7, 11) is 0. The molecule has 2 aromatic rings. The van der Waals surface area contributed by atoms with Crippen LogP contribution in [0.25, 0.3) is 0 Å². The van der Waals surface area contributed by atoms with E-state index >= 15 is 0 Å². The first-order chi connectivity index (χ1) is 8.60. The number of benzene rings is 2. The molecule has 4 heteroatoms. The topological polar surface area (TPSA) is 9.23 Å². The normalized spacial score (nSPS) is 10.4. The minimum Gasteiger partial charge on any atom is -0.457 e. The van der Waals surface area contributed by atoms with Gasteiger partial charge in [-0.2, -0.15) is 0 Å². The molecule has 0 radical (unpaired) electrons. The number of ether oxygens (including phenoxy) is 1. The molecule has 0 fully saturated rings. The number of rotatable bonds is 3. The second kappa shape index (κ2) is 5.72. The molecule has 0 atom stereocenters. The average Bonchev–Trinajstić information content (AvgIpc) is 2.33. The maximum Gasteiger partial charge on any atom is 0.130 e. The molecule has 0 bridgehead atoms. The standard InChI is InChI=1S/C14H11BrClFO/c1-9-6-11(17)3-5-14(9)18-12-4-2-10(8-15)13(16)7-12/h2-7H,8H2,1H3. The smallest absolute Gasteiger partial charge is 0.130 e. The van der Waals surface area contributed by atoms with E-state index < -0.39 is 0 Å². The molecule has 2 aromatic carbocycles. The van der Waals surface area contributed by atoms with Crippen LogP contribution < -0.4 is 4.74 Å². The summed E-state index contributed by atoms with van der Waals surface area (Å²) in [6.45, 7) is 1.80. The molecule has 18 heavy (non-hydrogen) atoms. The predicted molar refractivity (Wildman–Crippen MR) is 75.3 cm³/mol. The maximum absolute atomic E-state index is 13.0. The van der Waals surface area contributed by atoms with Gasteiger partial charge in [0.1, 0.15) is 17.3 Å². The SMILES string of the molecule is Cc1cc(F)ccc1Oc1ccc(CBr)c(Cl)c1. The van der Waals surface area contributed by atoms with Gasteiger partial charge in [0, 0.05) is 10.4 Å². The summed E-state index contributed by atoms with van der Waals surface area (Å²) < 4.78 is 18.6. The lowest BCUT2D eigenvalue weighted by atomic mass is 10.2. The summed E-state index contributed by atoms with van der Waals surface area (Å²) in [6, 6.07) is 9.90. The Morgan fingerprint density at radius 2 is 2.00 bits per heavy atom. The molecular formula is C14H11BrClFO. The maximum atomic E-state index is 13.0. The molecule has 0 N–H and O–H groups in total. The monoisotopic (exact) mass is 328 g/mol. The van der Waals surface area contributed by atoms with Crippen molar-refractivity contribution in [3.8, 4) is 11.5 Å². The molecular weight excluding hydrogens is 319 g/mol. The molecule has 0 saturated carbocycles. The number of alkyl halides is 1. The third-order valence-electron chi connectivity index (χ3n) is 2.53. The third kappa shape index (κ3) is 3.03. The zero-order valence-electron chi connectivity index (χ0n) is 9.71. The molecule has 2 rings (SSSR count). The van der Waals surface area contributed by atoms with Crippen molar-refractivity contribution in [2.75, 3.05) is 0 Å². The minimum absolute atomic E-state index is 0.271. The highest BCUT2D eigenvalue weighted by Gasteiger charge is 2.05. The molecule has 0 heterocycles. The van der Waals surface area contributed by atoms with Crippen molar-refractivity contribution < 1.29 is 9.13 Å². The summed E-state index contributed by atoms with van der Waals surface area (Å²) in [5.41, 5.74) is 1.75. The van der Waals surface area contributed by atoms with E-state index in [9.17, 15) is 4.39 Å². The van der Waals surface area contributed by atoms with Crippen LogP contribution in [0.3, 0.4) is 0 Å². The lowest BCUT2D eigenvalue weighted by molar-refractivity contribution is 0.476. The Labute approximate surface area is 119 Å². The van der Waals surface area contributed by atoms with E-state index in [1.54, 1.807) is 19.1 Å². The van der Waals surface area contributed by atoms with Gasteiger partial charge in [-0.1, -0.05) is 33.6 Å². The fourth-order valence-corrected chi connectivity index (χ4v) is 2.44. The lowest BCUT2D eigenvalue weighted by Crippen LogP contribution is -1.89. The molecule has 0 saturated heterocycles. The summed E-state index contributed by atoms with van der Waals surface area (Å²) in [5.74, 6) is 0.992. The Morgan fingerprint density at radius 3 is 2.61 bits per heavy atom. The van der Waals surface area contributed by atoms with Gasteiger partial charge in [0.05, 0.1) is 0 Å².